The maximum Gasteiger partial charge on any atom is 0.340 e. The molecule has 0 amide bonds. The van der Waals surface area contributed by atoms with Crippen molar-refractivity contribution in [2.24, 2.45) is 0 Å². The molecule has 0 aliphatic carbocycles. The second-order valence-electron chi connectivity index (χ2n) is 3.64. The van der Waals surface area contributed by atoms with Crippen LogP contribution in [0.3, 0.4) is 0 Å². The van der Waals surface area contributed by atoms with Gasteiger partial charge in [0.25, 0.3) is 0 Å². The fourth-order valence-corrected chi connectivity index (χ4v) is 2.86. The molecule has 18 heavy (non-hydrogen) atoms. The Labute approximate surface area is 124 Å². The highest BCUT2D eigenvalue weighted by Gasteiger charge is 2.18. The van der Waals surface area contributed by atoms with Gasteiger partial charge in [0.05, 0.1) is 17.7 Å². The number of ether oxygens (including phenoxy) is 1. The van der Waals surface area contributed by atoms with Crippen LogP contribution in [-0.4, -0.2) is 13.1 Å². The van der Waals surface area contributed by atoms with Gasteiger partial charge in [0.15, 0.2) is 0 Å². The average molecular weight is 373 g/mol. The molecular weight excluding hydrogens is 363 g/mol. The van der Waals surface area contributed by atoms with Crippen LogP contribution < -0.4 is 0 Å². The number of carbonyl (C=O) groups excluding carboxylic acids is 1. The molecule has 0 unspecified atom stereocenters. The molecule has 0 aromatic heterocycles. The Morgan fingerprint density at radius 2 is 1.83 bits per heavy atom. The average Bonchev–Trinajstić information content (AvgIpc) is 2.39. The van der Waals surface area contributed by atoms with E-state index in [-0.39, 0.29) is 0 Å². The van der Waals surface area contributed by atoms with Gasteiger partial charge in [-0.2, -0.15) is 0 Å². The Morgan fingerprint density at radius 1 is 1.17 bits per heavy atom. The number of benzene rings is 2. The number of carbonyl (C=O) groups is 1. The third kappa shape index (κ3) is 2.52. The highest BCUT2D eigenvalue weighted by atomic mass is 127. The van der Waals surface area contributed by atoms with Crippen LogP contribution in [0, 0.1) is 3.57 Å². The molecule has 2 aromatic rings. The van der Waals surface area contributed by atoms with E-state index in [9.17, 15) is 4.79 Å². The molecule has 0 N–H and O–H groups in total. The molecule has 2 nitrogen and oxygen atoms in total. The Morgan fingerprint density at radius 3 is 2.44 bits per heavy atom. The Bertz CT molecular complexity index is 582. The molecule has 4 heteroatoms. The first-order valence-corrected chi connectivity index (χ1v) is 6.72. The van der Waals surface area contributed by atoms with Crippen LogP contribution in [0.15, 0.2) is 42.5 Å². The second-order valence-corrected chi connectivity index (χ2v) is 5.18. The smallest absolute Gasteiger partial charge is 0.340 e. The number of hydrogen-bond donors (Lipinski definition) is 0. The summed E-state index contributed by atoms with van der Waals surface area (Å²) in [6.45, 7) is 0. The highest BCUT2D eigenvalue weighted by Crippen LogP contribution is 2.33. The maximum atomic E-state index is 11.7. The number of methoxy groups -OCH3 is 1. The largest absolute Gasteiger partial charge is 0.465 e. The maximum absolute atomic E-state index is 11.7. The van der Waals surface area contributed by atoms with Gasteiger partial charge in [0.1, 0.15) is 0 Å². The summed E-state index contributed by atoms with van der Waals surface area (Å²) >= 11 is 8.39. The summed E-state index contributed by atoms with van der Waals surface area (Å²) in [5.74, 6) is -0.415. The summed E-state index contributed by atoms with van der Waals surface area (Å²) in [6.07, 6.45) is 0. The summed E-state index contributed by atoms with van der Waals surface area (Å²) in [6, 6.07) is 13.5. The lowest BCUT2D eigenvalue weighted by molar-refractivity contribution is 0.0600. The third-order valence-electron chi connectivity index (χ3n) is 2.57. The molecule has 0 bridgehead atoms. The van der Waals surface area contributed by atoms with Crippen molar-refractivity contribution in [3.8, 4) is 11.1 Å². The van der Waals surface area contributed by atoms with Crippen LogP contribution in [0.1, 0.15) is 10.4 Å². The van der Waals surface area contributed by atoms with Crippen LogP contribution in [0.4, 0.5) is 0 Å². The predicted molar refractivity (Wildman–Crippen MR) is 80.9 cm³/mol. The molecule has 2 aromatic carbocycles. The van der Waals surface area contributed by atoms with Gasteiger partial charge in [-0.05, 0) is 34.2 Å². The van der Waals surface area contributed by atoms with Crippen molar-refractivity contribution in [1.82, 2.24) is 0 Å². The van der Waals surface area contributed by atoms with E-state index in [1.165, 1.54) is 7.11 Å². The van der Waals surface area contributed by atoms with Crippen molar-refractivity contribution < 1.29 is 9.53 Å². The first-order chi connectivity index (χ1) is 8.65. The van der Waals surface area contributed by atoms with E-state index < -0.39 is 5.97 Å². The second kappa shape index (κ2) is 5.71. The number of rotatable bonds is 2. The fourth-order valence-electron chi connectivity index (χ4n) is 1.68. The van der Waals surface area contributed by atoms with Crippen LogP contribution >= 0.6 is 34.2 Å². The standard InChI is InChI=1S/C14H10ClIO2/c1-18-14(17)12-11(16)8-7-10(13(12)15)9-5-3-2-4-6-9/h2-8H,1H3. The molecule has 0 spiro atoms. The van der Waals surface area contributed by atoms with Crippen molar-refractivity contribution in [2.45, 2.75) is 0 Å². The van der Waals surface area contributed by atoms with E-state index >= 15 is 0 Å². The molecule has 92 valence electrons. The van der Waals surface area contributed by atoms with E-state index in [4.69, 9.17) is 16.3 Å². The van der Waals surface area contributed by atoms with E-state index in [0.29, 0.717) is 10.6 Å². The fraction of sp³-hybridized carbons (Fsp3) is 0.0714. The third-order valence-corrected chi connectivity index (χ3v) is 3.86. The predicted octanol–water partition coefficient (Wildman–Crippen LogP) is 4.40. The van der Waals surface area contributed by atoms with Crippen LogP contribution in [0.2, 0.25) is 5.02 Å². The number of esters is 1. The van der Waals surface area contributed by atoms with Gasteiger partial charge in [-0.15, -0.1) is 0 Å². The quantitative estimate of drug-likeness (QED) is 0.577. The van der Waals surface area contributed by atoms with Crippen molar-refractivity contribution in [3.05, 3.63) is 56.6 Å². The Balaban J connectivity index is 2.62. The lowest BCUT2D eigenvalue weighted by atomic mass is 10.0. The van der Waals surface area contributed by atoms with Gasteiger partial charge in [0, 0.05) is 9.13 Å². The van der Waals surface area contributed by atoms with Crippen molar-refractivity contribution in [1.29, 1.82) is 0 Å². The molecule has 0 saturated carbocycles. The SMILES string of the molecule is COC(=O)c1c(I)ccc(-c2ccccc2)c1Cl. The molecule has 0 saturated heterocycles. The monoisotopic (exact) mass is 372 g/mol. The molecular formula is C14H10ClIO2. The van der Waals surface area contributed by atoms with Gasteiger partial charge >= 0.3 is 5.97 Å². The molecule has 0 atom stereocenters. The first-order valence-electron chi connectivity index (χ1n) is 5.27. The number of halogens is 2. The summed E-state index contributed by atoms with van der Waals surface area (Å²) in [7, 11) is 1.35. The van der Waals surface area contributed by atoms with Gasteiger partial charge in [-0.1, -0.05) is 48.0 Å². The summed E-state index contributed by atoms with van der Waals surface area (Å²) < 4.78 is 5.54. The van der Waals surface area contributed by atoms with Crippen molar-refractivity contribution >= 4 is 40.2 Å². The molecule has 0 aliphatic rings. The zero-order valence-corrected chi connectivity index (χ0v) is 12.5. The summed E-state index contributed by atoms with van der Waals surface area (Å²) in [5.41, 5.74) is 2.23. The summed E-state index contributed by atoms with van der Waals surface area (Å²) in [4.78, 5) is 11.7. The van der Waals surface area contributed by atoms with Gasteiger partial charge < -0.3 is 4.74 Å². The van der Waals surface area contributed by atoms with E-state index in [0.717, 1.165) is 14.7 Å². The van der Waals surface area contributed by atoms with Gasteiger partial charge in [0.2, 0.25) is 0 Å². The van der Waals surface area contributed by atoms with Gasteiger partial charge in [-0.3, -0.25) is 0 Å². The lowest BCUT2D eigenvalue weighted by Gasteiger charge is -2.10. The van der Waals surface area contributed by atoms with Crippen LogP contribution in [-0.2, 0) is 4.74 Å². The zero-order chi connectivity index (χ0) is 13.1. The van der Waals surface area contributed by atoms with Crippen LogP contribution in [0.25, 0.3) is 11.1 Å². The molecule has 0 aliphatic heterocycles. The van der Waals surface area contributed by atoms with Gasteiger partial charge in [-0.25, -0.2) is 4.79 Å². The highest BCUT2D eigenvalue weighted by molar-refractivity contribution is 14.1. The van der Waals surface area contributed by atoms with Crippen molar-refractivity contribution in [2.75, 3.05) is 7.11 Å². The minimum absolute atomic E-state index is 0.415. The first kappa shape index (κ1) is 13.4. The van der Waals surface area contributed by atoms with Crippen LogP contribution in [0.5, 0.6) is 0 Å². The Kier molecular flexibility index (Phi) is 4.24. The molecule has 0 heterocycles. The van der Waals surface area contributed by atoms with E-state index in [2.05, 4.69) is 22.6 Å². The van der Waals surface area contributed by atoms with E-state index in [1.807, 2.05) is 42.5 Å². The summed E-state index contributed by atoms with van der Waals surface area (Å²) in [5, 5.41) is 0.431. The van der Waals surface area contributed by atoms with E-state index in [1.54, 1.807) is 0 Å². The Hall–Kier alpha value is -1.07. The molecule has 0 radical (unpaired) electrons. The van der Waals surface area contributed by atoms with Crippen molar-refractivity contribution in [3.63, 3.8) is 0 Å². The minimum Gasteiger partial charge on any atom is -0.465 e. The number of hydrogen-bond acceptors (Lipinski definition) is 2. The normalized spacial score (nSPS) is 10.2. The zero-order valence-electron chi connectivity index (χ0n) is 9.61. The lowest BCUT2D eigenvalue weighted by Crippen LogP contribution is -2.05. The molecule has 0 fully saturated rings. The minimum atomic E-state index is -0.415. The topological polar surface area (TPSA) is 26.3 Å². The molecule has 2 rings (SSSR count).